The fraction of sp³-hybridized carbons (Fsp3) is 1.00. The minimum Gasteiger partial charge on any atom is -0.121 e. The van der Waals surface area contributed by atoms with Crippen molar-refractivity contribution in [2.75, 3.05) is 0 Å². The zero-order chi connectivity index (χ0) is 10.3. The highest BCUT2D eigenvalue weighted by atomic mass is 35.5. The minimum absolute atomic E-state index is 0.132. The van der Waals surface area contributed by atoms with Crippen molar-refractivity contribution in [1.82, 2.24) is 0 Å². The van der Waals surface area contributed by atoms with E-state index in [0.29, 0.717) is 5.41 Å². The maximum atomic E-state index is 6.31. The smallest absolute Gasteiger partial charge is 0.0582 e. The fourth-order valence-corrected chi connectivity index (χ4v) is 2.54. The van der Waals surface area contributed by atoms with Crippen molar-refractivity contribution in [3.63, 3.8) is 0 Å². The number of hydrogen-bond donors (Lipinski definition) is 0. The highest BCUT2D eigenvalue weighted by Crippen LogP contribution is 2.45. The average Bonchev–Trinajstić information content (AvgIpc) is 1.92. The summed E-state index contributed by atoms with van der Waals surface area (Å²) in [5, 5.41) is 0.132. The van der Waals surface area contributed by atoms with Crippen molar-refractivity contribution in [2.45, 2.75) is 57.2 Å². The molecule has 1 fully saturated rings. The summed E-state index contributed by atoms with van der Waals surface area (Å²) in [7, 11) is 0. The van der Waals surface area contributed by atoms with Crippen LogP contribution >= 0.6 is 23.2 Å². The minimum atomic E-state index is -0.177. The number of halogens is 2. The van der Waals surface area contributed by atoms with Gasteiger partial charge in [-0.1, -0.05) is 20.8 Å². The van der Waals surface area contributed by atoms with Crippen LogP contribution in [0.3, 0.4) is 0 Å². The molecule has 0 bridgehead atoms. The summed E-state index contributed by atoms with van der Waals surface area (Å²) in [6.07, 6.45) is 3.32. The van der Waals surface area contributed by atoms with E-state index in [1.165, 1.54) is 6.42 Å². The van der Waals surface area contributed by atoms with Gasteiger partial charge in [0.1, 0.15) is 0 Å². The van der Waals surface area contributed by atoms with Crippen LogP contribution < -0.4 is 0 Å². The molecule has 0 radical (unpaired) electrons. The standard InChI is InChI=1S/C11H20Cl2/c1-10(2,3)8-5-6-11(4,13)9(12)7-8/h8-9H,5-7H2,1-4H3/t8-,9+,11+/m0/s1. The van der Waals surface area contributed by atoms with Gasteiger partial charge in [-0.25, -0.2) is 0 Å². The first-order valence-corrected chi connectivity index (χ1v) is 5.88. The molecule has 0 saturated heterocycles. The quantitative estimate of drug-likeness (QED) is 0.532. The first kappa shape index (κ1) is 11.7. The molecule has 0 unspecified atom stereocenters. The van der Waals surface area contributed by atoms with E-state index in [9.17, 15) is 0 Å². The molecule has 13 heavy (non-hydrogen) atoms. The second-order valence-corrected chi connectivity index (χ2v) is 6.97. The fourth-order valence-electron chi connectivity index (χ4n) is 2.01. The molecule has 0 heterocycles. The van der Waals surface area contributed by atoms with Gasteiger partial charge in [-0.3, -0.25) is 0 Å². The van der Waals surface area contributed by atoms with E-state index in [1.54, 1.807) is 0 Å². The molecule has 2 heteroatoms. The van der Waals surface area contributed by atoms with Gasteiger partial charge in [-0.05, 0) is 37.5 Å². The lowest BCUT2D eigenvalue weighted by Gasteiger charge is -2.42. The van der Waals surface area contributed by atoms with Crippen LogP contribution in [0.5, 0.6) is 0 Å². The van der Waals surface area contributed by atoms with Crippen LogP contribution in [0.15, 0.2) is 0 Å². The summed E-state index contributed by atoms with van der Waals surface area (Å²) in [5.41, 5.74) is 0.376. The van der Waals surface area contributed by atoms with Crippen LogP contribution in [0.25, 0.3) is 0 Å². The normalized spacial score (nSPS) is 42.0. The van der Waals surface area contributed by atoms with Crippen molar-refractivity contribution in [1.29, 1.82) is 0 Å². The summed E-state index contributed by atoms with van der Waals surface area (Å²) in [5.74, 6) is 0.724. The van der Waals surface area contributed by atoms with Crippen LogP contribution in [-0.2, 0) is 0 Å². The van der Waals surface area contributed by atoms with E-state index in [4.69, 9.17) is 23.2 Å². The molecule has 1 aliphatic rings. The predicted octanol–water partition coefficient (Wildman–Crippen LogP) is 4.44. The Kier molecular flexibility index (Phi) is 3.25. The van der Waals surface area contributed by atoms with Crippen molar-refractivity contribution in [3.8, 4) is 0 Å². The first-order valence-electron chi connectivity index (χ1n) is 5.06. The lowest BCUT2D eigenvalue weighted by molar-refractivity contribution is 0.166. The summed E-state index contributed by atoms with van der Waals surface area (Å²) in [4.78, 5) is -0.177. The molecule has 0 nitrogen and oxygen atoms in total. The van der Waals surface area contributed by atoms with Crippen molar-refractivity contribution in [2.24, 2.45) is 11.3 Å². The van der Waals surface area contributed by atoms with E-state index in [0.717, 1.165) is 18.8 Å². The van der Waals surface area contributed by atoms with E-state index in [1.807, 2.05) is 0 Å². The molecule has 0 spiro atoms. The molecule has 0 aromatic carbocycles. The molecule has 0 aromatic heterocycles. The van der Waals surface area contributed by atoms with Crippen molar-refractivity contribution < 1.29 is 0 Å². The molecular weight excluding hydrogens is 203 g/mol. The average molecular weight is 223 g/mol. The predicted molar refractivity (Wildman–Crippen MR) is 60.7 cm³/mol. The molecule has 78 valence electrons. The van der Waals surface area contributed by atoms with Gasteiger partial charge in [0, 0.05) is 0 Å². The Balaban J connectivity index is 2.61. The van der Waals surface area contributed by atoms with Crippen LogP contribution in [-0.4, -0.2) is 10.3 Å². The molecule has 0 amide bonds. The van der Waals surface area contributed by atoms with Crippen molar-refractivity contribution >= 4 is 23.2 Å². The Labute approximate surface area is 92.0 Å². The largest absolute Gasteiger partial charge is 0.121 e. The third kappa shape index (κ3) is 2.76. The first-order chi connectivity index (χ1) is 5.73. The van der Waals surface area contributed by atoms with Gasteiger partial charge < -0.3 is 0 Å². The number of alkyl halides is 2. The van der Waals surface area contributed by atoms with E-state index in [-0.39, 0.29) is 10.3 Å². The Bertz CT molecular complexity index is 179. The number of hydrogen-bond acceptors (Lipinski definition) is 0. The Morgan fingerprint density at radius 1 is 1.31 bits per heavy atom. The van der Waals surface area contributed by atoms with E-state index < -0.39 is 0 Å². The van der Waals surface area contributed by atoms with E-state index in [2.05, 4.69) is 27.7 Å². The highest BCUT2D eigenvalue weighted by Gasteiger charge is 2.40. The van der Waals surface area contributed by atoms with Crippen LogP contribution in [0, 0.1) is 11.3 Å². The number of rotatable bonds is 0. The molecule has 0 aromatic rings. The second kappa shape index (κ2) is 3.62. The molecular formula is C11H20Cl2. The van der Waals surface area contributed by atoms with Gasteiger partial charge in [-0.15, -0.1) is 23.2 Å². The Morgan fingerprint density at radius 3 is 2.23 bits per heavy atom. The summed E-state index contributed by atoms with van der Waals surface area (Å²) < 4.78 is 0. The Morgan fingerprint density at radius 2 is 1.85 bits per heavy atom. The highest BCUT2D eigenvalue weighted by molar-refractivity contribution is 6.32. The van der Waals surface area contributed by atoms with E-state index >= 15 is 0 Å². The maximum absolute atomic E-state index is 6.31. The monoisotopic (exact) mass is 222 g/mol. The van der Waals surface area contributed by atoms with Crippen LogP contribution in [0.2, 0.25) is 0 Å². The van der Waals surface area contributed by atoms with Gasteiger partial charge in [0.2, 0.25) is 0 Å². The summed E-state index contributed by atoms with van der Waals surface area (Å²) >= 11 is 12.6. The zero-order valence-electron chi connectivity index (χ0n) is 9.03. The van der Waals surface area contributed by atoms with Gasteiger partial charge in [0.05, 0.1) is 10.3 Å². The van der Waals surface area contributed by atoms with Crippen molar-refractivity contribution in [3.05, 3.63) is 0 Å². The maximum Gasteiger partial charge on any atom is 0.0582 e. The van der Waals surface area contributed by atoms with Gasteiger partial charge >= 0.3 is 0 Å². The molecule has 0 aliphatic heterocycles. The molecule has 1 rings (SSSR count). The lowest BCUT2D eigenvalue weighted by Crippen LogP contribution is -2.40. The molecule has 0 N–H and O–H groups in total. The molecule has 3 atom stereocenters. The second-order valence-electron chi connectivity index (χ2n) is 5.58. The van der Waals surface area contributed by atoms with Crippen LogP contribution in [0.4, 0.5) is 0 Å². The van der Waals surface area contributed by atoms with Gasteiger partial charge in [0.15, 0.2) is 0 Å². The third-order valence-electron chi connectivity index (χ3n) is 3.35. The lowest BCUT2D eigenvalue weighted by atomic mass is 9.70. The summed E-state index contributed by atoms with van der Waals surface area (Å²) in [6, 6.07) is 0. The molecule has 1 aliphatic carbocycles. The SMILES string of the molecule is CC(C)(C)[C@H]1CC[C@@](C)(Cl)[C@H](Cl)C1. The Hall–Kier alpha value is 0.580. The summed E-state index contributed by atoms with van der Waals surface area (Å²) in [6.45, 7) is 8.93. The van der Waals surface area contributed by atoms with Gasteiger partial charge in [0.25, 0.3) is 0 Å². The van der Waals surface area contributed by atoms with Gasteiger partial charge in [-0.2, -0.15) is 0 Å². The van der Waals surface area contributed by atoms with Crippen LogP contribution in [0.1, 0.15) is 47.0 Å². The third-order valence-corrected chi connectivity index (χ3v) is 4.57. The zero-order valence-corrected chi connectivity index (χ0v) is 10.5. The topological polar surface area (TPSA) is 0 Å². The molecule has 1 saturated carbocycles.